The number of sulfone groups is 1. The number of hydrogen-bond donors (Lipinski definition) is 2. The van der Waals surface area contributed by atoms with Crippen LogP contribution in [0.2, 0.25) is 0 Å². The first-order valence-corrected chi connectivity index (χ1v) is 13.7. The predicted molar refractivity (Wildman–Crippen MR) is 127 cm³/mol. The normalized spacial score (nSPS) is 23.6. The standard InChI is InChI=1S/C26H27F8NO4S/c1-22(2,37)12-21(36)35-13-17-4-3-15-11-16(24(28,25(29,30)31)26(32,33)34)5-10-20(15)23(17,14-35)40(38,39)19-8-6-18(27)7-9-19/h5-11,17,21,36-37H,3-4,12-14H2,1-2H3. The largest absolute Gasteiger partial charge is 0.435 e. The molecule has 2 aromatic carbocycles. The molecule has 0 saturated carbocycles. The van der Waals surface area contributed by atoms with E-state index < -0.39 is 68.3 Å². The molecule has 1 fully saturated rings. The molecular weight excluding hydrogens is 574 g/mol. The monoisotopic (exact) mass is 601 g/mol. The molecule has 0 spiro atoms. The summed E-state index contributed by atoms with van der Waals surface area (Å²) in [6.07, 6.45) is -14.4. The molecule has 5 nitrogen and oxygen atoms in total. The van der Waals surface area contributed by atoms with E-state index in [1.54, 1.807) is 0 Å². The third-order valence-corrected chi connectivity index (χ3v) is 10.3. The number of likely N-dealkylation sites (tertiary alicyclic amines) is 1. The van der Waals surface area contributed by atoms with E-state index in [1.165, 1.54) is 18.7 Å². The maximum absolute atomic E-state index is 14.9. The summed E-state index contributed by atoms with van der Waals surface area (Å²) in [7, 11) is -4.53. The number of nitrogens with zero attached hydrogens (tertiary/aromatic N) is 1. The summed E-state index contributed by atoms with van der Waals surface area (Å²) in [5.41, 5.74) is -9.12. The molecule has 2 aromatic rings. The Morgan fingerprint density at radius 2 is 1.57 bits per heavy atom. The van der Waals surface area contributed by atoms with Crippen molar-refractivity contribution in [3.8, 4) is 0 Å². The third-order valence-electron chi connectivity index (χ3n) is 7.76. The van der Waals surface area contributed by atoms with E-state index in [4.69, 9.17) is 0 Å². The smallest absolute Gasteiger partial charge is 0.390 e. The molecule has 3 atom stereocenters. The highest BCUT2D eigenvalue weighted by Gasteiger charge is 2.73. The van der Waals surface area contributed by atoms with Crippen molar-refractivity contribution in [2.75, 3.05) is 13.1 Å². The molecule has 0 aromatic heterocycles. The van der Waals surface area contributed by atoms with Crippen molar-refractivity contribution in [2.24, 2.45) is 5.92 Å². The SMILES string of the molecule is CC(C)(O)CC(O)N1CC2CCc3cc(C(F)(C(F)(F)F)C(F)(F)F)ccc3C2(S(=O)(=O)c2ccc(F)cc2)C1. The lowest BCUT2D eigenvalue weighted by atomic mass is 9.75. The molecule has 3 unspecified atom stereocenters. The van der Waals surface area contributed by atoms with Crippen molar-refractivity contribution in [1.29, 1.82) is 0 Å². The second kappa shape index (κ2) is 9.63. The topological polar surface area (TPSA) is 77.8 Å². The van der Waals surface area contributed by atoms with Crippen LogP contribution >= 0.6 is 0 Å². The van der Waals surface area contributed by atoms with E-state index in [0.717, 1.165) is 30.3 Å². The first-order chi connectivity index (χ1) is 18.1. The van der Waals surface area contributed by atoms with E-state index >= 15 is 0 Å². The van der Waals surface area contributed by atoms with Crippen LogP contribution in [0.15, 0.2) is 47.4 Å². The van der Waals surface area contributed by atoms with E-state index in [2.05, 4.69) is 0 Å². The van der Waals surface area contributed by atoms with Crippen molar-refractivity contribution in [3.63, 3.8) is 0 Å². The quantitative estimate of drug-likeness (QED) is 0.354. The molecule has 1 aliphatic heterocycles. The van der Waals surface area contributed by atoms with Gasteiger partial charge >= 0.3 is 18.0 Å². The number of aliphatic hydroxyl groups is 2. The molecule has 0 amide bonds. The van der Waals surface area contributed by atoms with E-state index in [1.807, 2.05) is 0 Å². The first-order valence-electron chi connectivity index (χ1n) is 12.3. The van der Waals surface area contributed by atoms with Crippen LogP contribution in [-0.4, -0.2) is 60.8 Å². The predicted octanol–water partition coefficient (Wildman–Crippen LogP) is 5.14. The molecular formula is C26H27F8NO4S. The summed E-state index contributed by atoms with van der Waals surface area (Å²) in [6.45, 7) is 2.38. The van der Waals surface area contributed by atoms with E-state index in [-0.39, 0.29) is 41.8 Å². The second-order valence-corrected chi connectivity index (χ2v) is 13.2. The zero-order valence-electron chi connectivity index (χ0n) is 21.3. The van der Waals surface area contributed by atoms with Gasteiger partial charge in [0.05, 0.1) is 10.5 Å². The molecule has 40 heavy (non-hydrogen) atoms. The minimum absolute atomic E-state index is 0.0278. The molecule has 222 valence electrons. The van der Waals surface area contributed by atoms with Crippen molar-refractivity contribution in [3.05, 3.63) is 65.0 Å². The van der Waals surface area contributed by atoms with Crippen LogP contribution in [0, 0.1) is 11.7 Å². The molecule has 2 aliphatic rings. The lowest BCUT2D eigenvalue weighted by Gasteiger charge is -2.41. The van der Waals surface area contributed by atoms with Gasteiger partial charge in [-0.3, -0.25) is 4.90 Å². The first kappa shape index (κ1) is 30.7. The van der Waals surface area contributed by atoms with E-state index in [0.29, 0.717) is 12.1 Å². The fourth-order valence-corrected chi connectivity index (χ4v) is 8.25. The highest BCUT2D eigenvalue weighted by Crippen LogP contribution is 2.56. The highest BCUT2D eigenvalue weighted by atomic mass is 32.2. The Balaban J connectivity index is 1.92. The average molecular weight is 602 g/mol. The Hall–Kier alpha value is -2.29. The average Bonchev–Trinajstić information content (AvgIpc) is 3.23. The van der Waals surface area contributed by atoms with Crippen molar-refractivity contribution < 1.29 is 53.8 Å². The number of aryl methyl sites for hydroxylation is 1. The molecule has 14 heteroatoms. The van der Waals surface area contributed by atoms with Gasteiger partial charge < -0.3 is 10.2 Å². The van der Waals surface area contributed by atoms with Gasteiger partial charge in [0.1, 0.15) is 16.8 Å². The molecule has 0 radical (unpaired) electrons. The number of aliphatic hydroxyl groups excluding tert-OH is 1. The summed E-state index contributed by atoms with van der Waals surface area (Å²) in [5.74, 6) is -1.54. The van der Waals surface area contributed by atoms with Crippen LogP contribution in [0.4, 0.5) is 35.1 Å². The minimum atomic E-state index is -6.35. The molecule has 0 bridgehead atoms. The molecule has 1 heterocycles. The van der Waals surface area contributed by atoms with Gasteiger partial charge in [0, 0.05) is 25.1 Å². The van der Waals surface area contributed by atoms with Gasteiger partial charge in [-0.1, -0.05) is 18.2 Å². The Morgan fingerprint density at radius 3 is 2.10 bits per heavy atom. The fourth-order valence-electron chi connectivity index (χ4n) is 5.88. The fraction of sp³-hybridized carbons (Fsp3) is 0.538. The van der Waals surface area contributed by atoms with Crippen LogP contribution < -0.4 is 0 Å². The maximum atomic E-state index is 14.9. The van der Waals surface area contributed by atoms with Gasteiger partial charge in [-0.15, -0.1) is 0 Å². The number of rotatable bonds is 6. The molecule has 2 N–H and O–H groups in total. The lowest BCUT2D eigenvalue weighted by molar-refractivity contribution is -0.348. The Morgan fingerprint density at radius 1 is 1.00 bits per heavy atom. The Labute approximate surface area is 225 Å². The number of hydrogen-bond acceptors (Lipinski definition) is 5. The second-order valence-electron chi connectivity index (χ2n) is 11.0. The summed E-state index contributed by atoms with van der Waals surface area (Å²) in [4.78, 5) is 1.03. The zero-order valence-corrected chi connectivity index (χ0v) is 22.1. The van der Waals surface area contributed by atoms with Gasteiger partial charge in [-0.2, -0.15) is 26.3 Å². The van der Waals surface area contributed by atoms with Gasteiger partial charge in [-0.05, 0) is 68.0 Å². The third kappa shape index (κ3) is 4.80. The van der Waals surface area contributed by atoms with Crippen LogP contribution in [-0.2, 0) is 26.7 Å². The Kier molecular flexibility index (Phi) is 7.38. The van der Waals surface area contributed by atoms with Gasteiger partial charge in [0.25, 0.3) is 0 Å². The van der Waals surface area contributed by atoms with Gasteiger partial charge in [0.2, 0.25) is 0 Å². The van der Waals surface area contributed by atoms with Crippen molar-refractivity contribution >= 4 is 9.84 Å². The maximum Gasteiger partial charge on any atom is 0.435 e. The van der Waals surface area contributed by atoms with Crippen LogP contribution in [0.1, 0.15) is 43.4 Å². The zero-order chi connectivity index (χ0) is 30.1. The van der Waals surface area contributed by atoms with Gasteiger partial charge in [0.15, 0.2) is 9.84 Å². The summed E-state index contributed by atoms with van der Waals surface area (Å²) in [6, 6.07) is 5.25. The number of alkyl halides is 7. The molecule has 1 aliphatic carbocycles. The van der Waals surface area contributed by atoms with E-state index in [9.17, 15) is 53.8 Å². The van der Waals surface area contributed by atoms with Crippen LogP contribution in [0.25, 0.3) is 0 Å². The van der Waals surface area contributed by atoms with Crippen molar-refractivity contribution in [1.82, 2.24) is 4.90 Å². The summed E-state index contributed by atoms with van der Waals surface area (Å²) in [5, 5.41) is 21.0. The van der Waals surface area contributed by atoms with Crippen LogP contribution in [0.5, 0.6) is 0 Å². The number of benzene rings is 2. The number of fused-ring (bicyclic) bond motifs is 3. The lowest BCUT2D eigenvalue weighted by Crippen LogP contribution is -2.51. The van der Waals surface area contributed by atoms with Gasteiger partial charge in [-0.25, -0.2) is 17.2 Å². The molecule has 1 saturated heterocycles. The van der Waals surface area contributed by atoms with Crippen LogP contribution in [0.3, 0.4) is 0 Å². The molecule has 4 rings (SSSR count). The number of halogens is 8. The Bertz CT molecular complexity index is 1360. The van der Waals surface area contributed by atoms with Crippen molar-refractivity contribution in [2.45, 2.75) is 72.6 Å². The highest BCUT2D eigenvalue weighted by molar-refractivity contribution is 7.92. The summed E-state index contributed by atoms with van der Waals surface area (Å²) >= 11 is 0. The minimum Gasteiger partial charge on any atom is -0.390 e. The summed E-state index contributed by atoms with van der Waals surface area (Å²) < 4.78 is 136.